The van der Waals surface area contributed by atoms with Crippen LogP contribution < -0.4 is 16.4 Å². The Labute approximate surface area is 181 Å². The second-order valence-electron chi connectivity index (χ2n) is 7.61. The third-order valence-electron chi connectivity index (χ3n) is 5.18. The van der Waals surface area contributed by atoms with Crippen molar-refractivity contribution in [3.05, 3.63) is 66.2 Å². The molecule has 0 spiro atoms. The van der Waals surface area contributed by atoms with Gasteiger partial charge >= 0.3 is 0 Å². The highest BCUT2D eigenvalue weighted by Gasteiger charge is 2.15. The van der Waals surface area contributed by atoms with Crippen molar-refractivity contribution in [2.75, 3.05) is 29.7 Å². The number of nitrogens with one attached hydrogen (secondary N) is 2. The van der Waals surface area contributed by atoms with E-state index >= 15 is 0 Å². The molecule has 8 heteroatoms. The minimum absolute atomic E-state index is 0.0345. The number of nitrogen functional groups attached to an aromatic ring is 1. The highest BCUT2D eigenvalue weighted by molar-refractivity contribution is 7.89. The molecule has 0 aliphatic rings. The number of imidazole rings is 1. The Hall–Kier alpha value is -3.52. The zero-order valence-electron chi connectivity index (χ0n) is 17.7. The Morgan fingerprint density at radius 3 is 2.45 bits per heavy atom. The summed E-state index contributed by atoms with van der Waals surface area (Å²) in [5.41, 5.74) is 13.4. The van der Waals surface area contributed by atoms with Gasteiger partial charge in [0.15, 0.2) is 9.84 Å². The fourth-order valence-corrected chi connectivity index (χ4v) is 4.48. The average molecular weight is 436 g/mol. The van der Waals surface area contributed by atoms with Crippen LogP contribution in [0.4, 0.5) is 23.0 Å². The molecule has 0 aliphatic carbocycles. The molecule has 7 nitrogen and oxygen atoms in total. The Bertz CT molecular complexity index is 1360. The summed E-state index contributed by atoms with van der Waals surface area (Å²) in [5.74, 6) is 0.500. The standard InChI is InChI=1S/C23H25N5O2S/c1-25-19-11-12-20-22(27-23(24)28(20)2)21(19)16-5-4-6-18(13-16)26-17-9-7-15(8-10-17)14-31(3,29)30/h4-13,25-26H,14H2,1-3H3,(H2,24,27). The van der Waals surface area contributed by atoms with Crippen molar-refractivity contribution in [2.45, 2.75) is 5.75 Å². The number of anilines is 4. The molecule has 0 aliphatic heterocycles. The maximum atomic E-state index is 11.5. The molecule has 0 saturated heterocycles. The summed E-state index contributed by atoms with van der Waals surface area (Å²) in [4.78, 5) is 4.58. The van der Waals surface area contributed by atoms with Gasteiger partial charge in [-0.2, -0.15) is 0 Å². The van der Waals surface area contributed by atoms with Crippen LogP contribution in [0.3, 0.4) is 0 Å². The predicted octanol–water partition coefficient (Wildman–Crippen LogP) is 4.15. The summed E-state index contributed by atoms with van der Waals surface area (Å²) < 4.78 is 24.8. The molecule has 31 heavy (non-hydrogen) atoms. The number of nitrogens with two attached hydrogens (primary N) is 1. The van der Waals surface area contributed by atoms with Gasteiger partial charge in [-0.05, 0) is 47.5 Å². The third kappa shape index (κ3) is 4.34. The highest BCUT2D eigenvalue weighted by atomic mass is 32.2. The number of sulfone groups is 1. The topological polar surface area (TPSA) is 102 Å². The van der Waals surface area contributed by atoms with Gasteiger partial charge in [-0.3, -0.25) is 0 Å². The SMILES string of the molecule is CNc1ccc2c(nc(N)n2C)c1-c1cccc(Nc2ccc(CS(C)(=O)=O)cc2)c1. The van der Waals surface area contributed by atoms with Gasteiger partial charge in [0, 0.05) is 43.0 Å². The maximum absolute atomic E-state index is 11.5. The normalized spacial score (nSPS) is 11.6. The van der Waals surface area contributed by atoms with Gasteiger partial charge in [0.2, 0.25) is 5.95 Å². The summed E-state index contributed by atoms with van der Waals surface area (Å²) in [7, 11) is 0.734. The van der Waals surface area contributed by atoms with Crippen molar-refractivity contribution in [3.8, 4) is 11.1 Å². The van der Waals surface area contributed by atoms with Crippen molar-refractivity contribution in [1.82, 2.24) is 9.55 Å². The van der Waals surface area contributed by atoms with E-state index < -0.39 is 9.84 Å². The molecule has 4 N–H and O–H groups in total. The largest absolute Gasteiger partial charge is 0.388 e. The van der Waals surface area contributed by atoms with Gasteiger partial charge < -0.3 is 20.9 Å². The number of hydrogen-bond acceptors (Lipinski definition) is 6. The number of benzene rings is 3. The molecule has 1 aromatic heterocycles. The number of nitrogens with zero attached hydrogens (tertiary/aromatic N) is 2. The van der Waals surface area contributed by atoms with Crippen molar-refractivity contribution < 1.29 is 8.42 Å². The second kappa shape index (κ2) is 7.96. The van der Waals surface area contributed by atoms with Crippen LogP contribution in [0.25, 0.3) is 22.2 Å². The first kappa shape index (κ1) is 20.7. The van der Waals surface area contributed by atoms with Gasteiger partial charge in [-0.15, -0.1) is 0 Å². The second-order valence-corrected chi connectivity index (χ2v) is 9.75. The molecule has 160 valence electrons. The maximum Gasteiger partial charge on any atom is 0.200 e. The van der Waals surface area contributed by atoms with Crippen molar-refractivity contribution >= 4 is 43.9 Å². The van der Waals surface area contributed by atoms with Crippen molar-refractivity contribution in [1.29, 1.82) is 0 Å². The molecular formula is C23H25N5O2S. The lowest BCUT2D eigenvalue weighted by Crippen LogP contribution is -2.00. The van der Waals surface area contributed by atoms with E-state index in [0.29, 0.717) is 5.95 Å². The van der Waals surface area contributed by atoms with E-state index in [1.807, 2.05) is 73.3 Å². The number of aromatic nitrogens is 2. The first-order valence-electron chi connectivity index (χ1n) is 9.82. The first-order valence-corrected chi connectivity index (χ1v) is 11.9. The number of aryl methyl sites for hydroxylation is 1. The van der Waals surface area contributed by atoms with Crippen LogP contribution in [0.5, 0.6) is 0 Å². The average Bonchev–Trinajstić information content (AvgIpc) is 3.01. The smallest absolute Gasteiger partial charge is 0.200 e. The molecule has 0 unspecified atom stereocenters. The quantitative estimate of drug-likeness (QED) is 0.420. The molecule has 3 aromatic carbocycles. The van der Waals surface area contributed by atoms with Crippen LogP contribution in [0.2, 0.25) is 0 Å². The minimum atomic E-state index is -3.05. The van der Waals surface area contributed by atoms with E-state index in [1.165, 1.54) is 6.26 Å². The van der Waals surface area contributed by atoms with Gasteiger partial charge in [0.05, 0.1) is 11.3 Å². The van der Waals surface area contributed by atoms with E-state index in [-0.39, 0.29) is 5.75 Å². The van der Waals surface area contributed by atoms with Crippen LogP contribution in [0.1, 0.15) is 5.56 Å². The summed E-state index contributed by atoms with van der Waals surface area (Å²) in [5, 5.41) is 6.64. The minimum Gasteiger partial charge on any atom is -0.388 e. The molecule has 0 saturated carbocycles. The third-order valence-corrected chi connectivity index (χ3v) is 6.04. The predicted molar refractivity (Wildman–Crippen MR) is 128 cm³/mol. The fourth-order valence-electron chi connectivity index (χ4n) is 3.68. The summed E-state index contributed by atoms with van der Waals surface area (Å²) in [6.07, 6.45) is 1.24. The van der Waals surface area contributed by atoms with Crippen LogP contribution in [0.15, 0.2) is 60.7 Å². The number of fused-ring (bicyclic) bond motifs is 1. The monoisotopic (exact) mass is 435 g/mol. The summed E-state index contributed by atoms with van der Waals surface area (Å²) in [6.45, 7) is 0. The van der Waals surface area contributed by atoms with Crippen LogP contribution in [-0.4, -0.2) is 31.3 Å². The zero-order chi connectivity index (χ0) is 22.2. The van der Waals surface area contributed by atoms with Gasteiger partial charge in [0.25, 0.3) is 0 Å². The van der Waals surface area contributed by atoms with Crippen molar-refractivity contribution in [2.24, 2.45) is 7.05 Å². The Morgan fingerprint density at radius 1 is 1.03 bits per heavy atom. The van der Waals surface area contributed by atoms with E-state index in [2.05, 4.69) is 21.7 Å². The van der Waals surface area contributed by atoms with Gasteiger partial charge in [-0.1, -0.05) is 24.3 Å². The van der Waals surface area contributed by atoms with Gasteiger partial charge in [-0.25, -0.2) is 13.4 Å². The fraction of sp³-hybridized carbons (Fsp3) is 0.174. The number of rotatable bonds is 6. The van der Waals surface area contributed by atoms with E-state index in [0.717, 1.165) is 44.8 Å². The molecule has 0 fully saturated rings. The van der Waals surface area contributed by atoms with Crippen LogP contribution in [0, 0.1) is 0 Å². The lowest BCUT2D eigenvalue weighted by Gasteiger charge is -2.13. The van der Waals surface area contributed by atoms with E-state index in [1.54, 1.807) is 0 Å². The lowest BCUT2D eigenvalue weighted by molar-refractivity contribution is 0.601. The Kier molecular flexibility index (Phi) is 5.32. The Morgan fingerprint density at radius 2 is 1.77 bits per heavy atom. The van der Waals surface area contributed by atoms with Crippen molar-refractivity contribution in [3.63, 3.8) is 0 Å². The van der Waals surface area contributed by atoms with E-state index in [4.69, 9.17) is 5.73 Å². The Balaban J connectivity index is 1.69. The zero-order valence-corrected chi connectivity index (χ0v) is 18.5. The van der Waals surface area contributed by atoms with Crippen LogP contribution >= 0.6 is 0 Å². The summed E-state index contributed by atoms with van der Waals surface area (Å²) in [6, 6.07) is 19.5. The molecule has 0 amide bonds. The molecule has 4 aromatic rings. The molecule has 0 radical (unpaired) electrons. The lowest BCUT2D eigenvalue weighted by atomic mass is 10.0. The van der Waals surface area contributed by atoms with Crippen LogP contribution in [-0.2, 0) is 22.6 Å². The van der Waals surface area contributed by atoms with E-state index in [9.17, 15) is 8.42 Å². The number of hydrogen-bond donors (Lipinski definition) is 3. The molecule has 0 atom stereocenters. The van der Waals surface area contributed by atoms with Gasteiger partial charge in [0.1, 0.15) is 5.52 Å². The first-order chi connectivity index (χ1) is 14.7. The molecule has 1 heterocycles. The highest BCUT2D eigenvalue weighted by Crippen LogP contribution is 2.37. The molecule has 0 bridgehead atoms. The molecule has 4 rings (SSSR count). The molecular weight excluding hydrogens is 410 g/mol. The summed E-state index contributed by atoms with van der Waals surface area (Å²) >= 11 is 0.